The second kappa shape index (κ2) is 6.41. The van der Waals surface area contributed by atoms with E-state index >= 15 is 0 Å². The molecule has 0 saturated carbocycles. The summed E-state index contributed by atoms with van der Waals surface area (Å²) < 4.78 is 1.88. The van der Waals surface area contributed by atoms with Crippen molar-refractivity contribution in [3.8, 4) is 0 Å². The van der Waals surface area contributed by atoms with Crippen LogP contribution in [-0.4, -0.2) is 50.8 Å². The van der Waals surface area contributed by atoms with E-state index < -0.39 is 5.79 Å². The molecule has 1 aliphatic heterocycles. The molecule has 0 spiro atoms. The Morgan fingerprint density at radius 2 is 1.82 bits per heavy atom. The Morgan fingerprint density at radius 3 is 2.41 bits per heavy atom. The summed E-state index contributed by atoms with van der Waals surface area (Å²) in [6.45, 7) is 5.63. The molecule has 1 atom stereocenters. The predicted molar refractivity (Wildman–Crippen MR) is 85.1 cm³/mol. The molecular formula is C15H23N7. The molecule has 1 saturated heterocycles. The van der Waals surface area contributed by atoms with Crippen molar-refractivity contribution in [2.75, 3.05) is 31.1 Å². The highest BCUT2D eigenvalue weighted by Gasteiger charge is 2.36. The highest BCUT2D eigenvalue weighted by Crippen LogP contribution is 2.23. The highest BCUT2D eigenvalue weighted by molar-refractivity contribution is 5.29. The van der Waals surface area contributed by atoms with Crippen LogP contribution in [0.25, 0.3) is 0 Å². The van der Waals surface area contributed by atoms with Gasteiger partial charge in [0.25, 0.3) is 0 Å². The Bertz CT molecular complexity index is 563. The Kier molecular flexibility index (Phi) is 4.35. The first kappa shape index (κ1) is 14.9. The standard InChI is InChI=1S/C15H23N7/c1-2-5-15(16,22-9-4-8-19-22)21-12-10-20(11-13-21)14-17-6-3-7-18-14/h3-4,6-9H,2,5,10-13,16H2,1H3. The van der Waals surface area contributed by atoms with Gasteiger partial charge < -0.3 is 4.90 Å². The molecule has 2 aromatic heterocycles. The topological polar surface area (TPSA) is 76.1 Å². The number of hydrogen-bond acceptors (Lipinski definition) is 6. The molecule has 1 fully saturated rings. The Labute approximate surface area is 130 Å². The number of nitrogens with two attached hydrogens (primary N) is 1. The highest BCUT2D eigenvalue weighted by atomic mass is 15.5. The molecule has 0 amide bonds. The molecule has 118 valence electrons. The van der Waals surface area contributed by atoms with Crippen LogP contribution in [0, 0.1) is 0 Å². The number of aromatic nitrogens is 4. The number of nitrogens with zero attached hydrogens (tertiary/aromatic N) is 6. The molecule has 0 aromatic carbocycles. The number of anilines is 1. The van der Waals surface area contributed by atoms with Crippen LogP contribution in [0.4, 0.5) is 5.95 Å². The van der Waals surface area contributed by atoms with Gasteiger partial charge in [0.2, 0.25) is 5.95 Å². The first-order valence-electron chi connectivity index (χ1n) is 7.80. The maximum atomic E-state index is 6.71. The van der Waals surface area contributed by atoms with Gasteiger partial charge in [0.05, 0.1) is 0 Å². The normalized spacial score (nSPS) is 19.1. The fourth-order valence-electron chi connectivity index (χ4n) is 3.03. The van der Waals surface area contributed by atoms with E-state index in [1.165, 1.54) is 0 Å². The summed E-state index contributed by atoms with van der Waals surface area (Å²) in [7, 11) is 0. The average Bonchev–Trinajstić information content (AvgIpc) is 3.11. The molecule has 22 heavy (non-hydrogen) atoms. The minimum Gasteiger partial charge on any atom is -0.338 e. The fourth-order valence-corrected chi connectivity index (χ4v) is 3.03. The summed E-state index contributed by atoms with van der Waals surface area (Å²) in [5, 5.41) is 4.37. The zero-order chi connectivity index (χ0) is 15.4. The fraction of sp³-hybridized carbons (Fsp3) is 0.533. The van der Waals surface area contributed by atoms with Crippen molar-refractivity contribution in [1.29, 1.82) is 0 Å². The maximum Gasteiger partial charge on any atom is 0.225 e. The Balaban J connectivity index is 1.71. The van der Waals surface area contributed by atoms with E-state index in [0.29, 0.717) is 0 Å². The van der Waals surface area contributed by atoms with Crippen LogP contribution in [0.1, 0.15) is 19.8 Å². The van der Waals surface area contributed by atoms with Crippen LogP contribution >= 0.6 is 0 Å². The van der Waals surface area contributed by atoms with Gasteiger partial charge in [0, 0.05) is 51.0 Å². The summed E-state index contributed by atoms with van der Waals surface area (Å²) in [4.78, 5) is 13.2. The Morgan fingerprint density at radius 1 is 1.09 bits per heavy atom. The maximum absolute atomic E-state index is 6.71. The number of piperazine rings is 1. The summed E-state index contributed by atoms with van der Waals surface area (Å²) in [6, 6.07) is 3.76. The van der Waals surface area contributed by atoms with E-state index in [1.807, 2.05) is 23.0 Å². The average molecular weight is 301 g/mol. The molecule has 3 rings (SSSR count). The van der Waals surface area contributed by atoms with Gasteiger partial charge in [-0.05, 0) is 18.6 Å². The van der Waals surface area contributed by atoms with Crippen LogP contribution in [-0.2, 0) is 5.79 Å². The van der Waals surface area contributed by atoms with Crippen LogP contribution < -0.4 is 10.6 Å². The predicted octanol–water partition coefficient (Wildman–Crippen LogP) is 0.864. The smallest absolute Gasteiger partial charge is 0.225 e. The second-order valence-corrected chi connectivity index (χ2v) is 5.60. The van der Waals surface area contributed by atoms with Gasteiger partial charge in [-0.3, -0.25) is 10.6 Å². The van der Waals surface area contributed by atoms with Crippen molar-refractivity contribution in [2.24, 2.45) is 5.73 Å². The van der Waals surface area contributed by atoms with E-state index in [1.54, 1.807) is 18.6 Å². The van der Waals surface area contributed by atoms with Crippen LogP contribution in [0.5, 0.6) is 0 Å². The molecule has 0 radical (unpaired) electrons. The van der Waals surface area contributed by atoms with Crippen LogP contribution in [0.15, 0.2) is 36.9 Å². The van der Waals surface area contributed by atoms with E-state index in [4.69, 9.17) is 5.73 Å². The first-order chi connectivity index (χ1) is 10.7. The van der Waals surface area contributed by atoms with E-state index in [0.717, 1.165) is 45.0 Å². The van der Waals surface area contributed by atoms with Gasteiger partial charge in [-0.1, -0.05) is 13.3 Å². The summed E-state index contributed by atoms with van der Waals surface area (Å²) in [6.07, 6.45) is 9.17. The van der Waals surface area contributed by atoms with Crippen LogP contribution in [0.3, 0.4) is 0 Å². The number of hydrogen-bond donors (Lipinski definition) is 1. The third-order valence-electron chi connectivity index (χ3n) is 4.18. The SMILES string of the molecule is CCCC(N)(N1CCN(c2ncccn2)CC1)n1cccn1. The third kappa shape index (κ3) is 2.82. The van der Waals surface area contributed by atoms with Crippen molar-refractivity contribution < 1.29 is 0 Å². The molecule has 1 unspecified atom stereocenters. The van der Waals surface area contributed by atoms with Crippen molar-refractivity contribution in [1.82, 2.24) is 24.6 Å². The van der Waals surface area contributed by atoms with Crippen molar-refractivity contribution in [3.63, 3.8) is 0 Å². The van der Waals surface area contributed by atoms with E-state index in [2.05, 4.69) is 31.8 Å². The molecule has 2 aromatic rings. The molecule has 3 heterocycles. The lowest BCUT2D eigenvalue weighted by molar-refractivity contribution is -0.00279. The molecule has 0 aliphatic carbocycles. The van der Waals surface area contributed by atoms with Crippen LogP contribution in [0.2, 0.25) is 0 Å². The molecule has 1 aliphatic rings. The first-order valence-corrected chi connectivity index (χ1v) is 7.80. The van der Waals surface area contributed by atoms with Gasteiger partial charge >= 0.3 is 0 Å². The lowest BCUT2D eigenvalue weighted by Gasteiger charge is -2.45. The third-order valence-corrected chi connectivity index (χ3v) is 4.18. The van der Waals surface area contributed by atoms with Gasteiger partial charge in [0.1, 0.15) is 0 Å². The second-order valence-electron chi connectivity index (χ2n) is 5.60. The quantitative estimate of drug-likeness (QED) is 0.883. The summed E-state index contributed by atoms with van der Waals surface area (Å²) >= 11 is 0. The summed E-state index contributed by atoms with van der Waals surface area (Å²) in [5.41, 5.74) is 6.71. The van der Waals surface area contributed by atoms with E-state index in [-0.39, 0.29) is 0 Å². The molecule has 7 nitrogen and oxygen atoms in total. The monoisotopic (exact) mass is 301 g/mol. The van der Waals surface area contributed by atoms with Gasteiger partial charge in [0.15, 0.2) is 5.79 Å². The Hall–Kier alpha value is -1.99. The zero-order valence-electron chi connectivity index (χ0n) is 13.0. The van der Waals surface area contributed by atoms with Crippen molar-refractivity contribution in [2.45, 2.75) is 25.6 Å². The number of rotatable bonds is 5. The molecule has 2 N–H and O–H groups in total. The summed E-state index contributed by atoms with van der Waals surface area (Å²) in [5.74, 6) is 0.237. The van der Waals surface area contributed by atoms with Gasteiger partial charge in [-0.2, -0.15) is 5.10 Å². The molecule has 0 bridgehead atoms. The molecular weight excluding hydrogens is 278 g/mol. The zero-order valence-corrected chi connectivity index (χ0v) is 13.0. The largest absolute Gasteiger partial charge is 0.338 e. The lowest BCUT2D eigenvalue weighted by Crippen LogP contribution is -2.63. The van der Waals surface area contributed by atoms with Crippen molar-refractivity contribution >= 4 is 5.95 Å². The lowest BCUT2D eigenvalue weighted by atomic mass is 10.1. The van der Waals surface area contributed by atoms with E-state index in [9.17, 15) is 0 Å². The van der Waals surface area contributed by atoms with Gasteiger partial charge in [-0.25, -0.2) is 14.6 Å². The minimum absolute atomic E-state index is 0.554. The van der Waals surface area contributed by atoms with Gasteiger partial charge in [-0.15, -0.1) is 0 Å². The molecule has 7 heteroatoms. The van der Waals surface area contributed by atoms with Crippen molar-refractivity contribution in [3.05, 3.63) is 36.9 Å². The minimum atomic E-state index is -0.554.